The lowest BCUT2D eigenvalue weighted by molar-refractivity contribution is -0.125. The Morgan fingerprint density at radius 1 is 1.31 bits per heavy atom. The lowest BCUT2D eigenvalue weighted by Crippen LogP contribution is -2.40. The number of benzene rings is 1. The van der Waals surface area contributed by atoms with Crippen LogP contribution in [0.5, 0.6) is 0 Å². The van der Waals surface area contributed by atoms with Gasteiger partial charge >= 0.3 is 0 Å². The van der Waals surface area contributed by atoms with E-state index in [1.807, 2.05) is 18.3 Å². The van der Waals surface area contributed by atoms with Crippen LogP contribution in [0.25, 0.3) is 10.9 Å². The van der Waals surface area contributed by atoms with E-state index in [0.29, 0.717) is 5.78 Å². The Labute approximate surface area is 94.7 Å². The quantitative estimate of drug-likeness (QED) is 0.816. The number of rotatable bonds is 2. The standard InChI is InChI=1S/C14H15NO/c1-10(16)14(7-4-8-14)12-9-15-13-6-3-2-5-11(12)13/h2-3,5-6,9,15H,4,7-8H2,1H3. The first kappa shape index (κ1) is 9.64. The zero-order valence-electron chi connectivity index (χ0n) is 9.42. The molecule has 0 spiro atoms. The van der Waals surface area contributed by atoms with E-state index in [2.05, 4.69) is 17.1 Å². The first-order valence-corrected chi connectivity index (χ1v) is 5.82. The maximum Gasteiger partial charge on any atom is 0.140 e. The molecule has 0 amide bonds. The smallest absolute Gasteiger partial charge is 0.140 e. The number of aromatic amines is 1. The third kappa shape index (κ3) is 1.10. The Morgan fingerprint density at radius 3 is 2.69 bits per heavy atom. The van der Waals surface area contributed by atoms with Gasteiger partial charge in [-0.3, -0.25) is 4.79 Å². The number of Topliss-reactive ketones (excluding diaryl/α,β-unsaturated/α-hetero) is 1. The number of carbonyl (C=O) groups is 1. The fraction of sp³-hybridized carbons (Fsp3) is 0.357. The molecule has 0 radical (unpaired) electrons. The van der Waals surface area contributed by atoms with E-state index < -0.39 is 0 Å². The largest absolute Gasteiger partial charge is 0.361 e. The van der Waals surface area contributed by atoms with Gasteiger partial charge in [0, 0.05) is 17.1 Å². The molecule has 1 fully saturated rings. The summed E-state index contributed by atoms with van der Waals surface area (Å²) in [4.78, 5) is 15.1. The summed E-state index contributed by atoms with van der Waals surface area (Å²) in [6.07, 6.45) is 5.19. The van der Waals surface area contributed by atoms with E-state index in [0.717, 1.165) is 18.4 Å². The average Bonchev–Trinajstić information content (AvgIpc) is 2.61. The molecular weight excluding hydrogens is 198 g/mol. The van der Waals surface area contributed by atoms with Gasteiger partial charge in [-0.1, -0.05) is 24.6 Å². The van der Waals surface area contributed by atoms with Crippen molar-refractivity contribution in [2.24, 2.45) is 0 Å². The molecule has 1 aromatic heterocycles. The van der Waals surface area contributed by atoms with Gasteiger partial charge in [-0.2, -0.15) is 0 Å². The van der Waals surface area contributed by atoms with Crippen molar-refractivity contribution >= 4 is 16.7 Å². The van der Waals surface area contributed by atoms with Gasteiger partial charge in [0.2, 0.25) is 0 Å². The molecule has 2 heteroatoms. The van der Waals surface area contributed by atoms with Gasteiger partial charge in [0.1, 0.15) is 5.78 Å². The first-order valence-electron chi connectivity index (χ1n) is 5.82. The van der Waals surface area contributed by atoms with Crippen LogP contribution in [0.1, 0.15) is 31.7 Å². The predicted molar refractivity (Wildman–Crippen MR) is 64.5 cm³/mol. The Morgan fingerprint density at radius 2 is 2.06 bits per heavy atom. The molecule has 1 aliphatic rings. The Balaban J connectivity index is 2.22. The molecule has 0 aliphatic heterocycles. The van der Waals surface area contributed by atoms with E-state index in [9.17, 15) is 4.79 Å². The molecular formula is C14H15NO. The first-order chi connectivity index (χ1) is 7.74. The van der Waals surface area contributed by atoms with Crippen LogP contribution >= 0.6 is 0 Å². The average molecular weight is 213 g/mol. The number of hydrogen-bond acceptors (Lipinski definition) is 1. The lowest BCUT2D eigenvalue weighted by Gasteiger charge is -2.39. The van der Waals surface area contributed by atoms with Crippen LogP contribution in [0.4, 0.5) is 0 Å². The van der Waals surface area contributed by atoms with Crippen molar-refractivity contribution < 1.29 is 4.79 Å². The molecule has 0 bridgehead atoms. The van der Waals surface area contributed by atoms with Crippen molar-refractivity contribution in [2.45, 2.75) is 31.6 Å². The van der Waals surface area contributed by atoms with Crippen molar-refractivity contribution in [1.82, 2.24) is 4.98 Å². The van der Waals surface area contributed by atoms with Crippen molar-refractivity contribution in [2.75, 3.05) is 0 Å². The highest BCUT2D eigenvalue weighted by Crippen LogP contribution is 2.46. The summed E-state index contributed by atoms with van der Waals surface area (Å²) in [6, 6.07) is 8.21. The number of nitrogens with one attached hydrogen (secondary N) is 1. The van der Waals surface area contributed by atoms with Gasteiger partial charge in [-0.05, 0) is 31.4 Å². The Hall–Kier alpha value is -1.57. The second-order valence-corrected chi connectivity index (χ2v) is 4.74. The topological polar surface area (TPSA) is 32.9 Å². The van der Waals surface area contributed by atoms with E-state index >= 15 is 0 Å². The molecule has 0 saturated heterocycles. The Kier molecular flexibility index (Phi) is 1.93. The van der Waals surface area contributed by atoms with Gasteiger partial charge in [0.15, 0.2) is 0 Å². The highest BCUT2D eigenvalue weighted by Gasteiger charge is 2.44. The molecule has 2 nitrogen and oxygen atoms in total. The van der Waals surface area contributed by atoms with Crippen LogP contribution in [0, 0.1) is 0 Å². The highest BCUT2D eigenvalue weighted by atomic mass is 16.1. The number of carbonyl (C=O) groups excluding carboxylic acids is 1. The minimum Gasteiger partial charge on any atom is -0.361 e. The summed E-state index contributed by atoms with van der Waals surface area (Å²) >= 11 is 0. The minimum absolute atomic E-state index is 0.195. The maximum absolute atomic E-state index is 11.9. The molecule has 2 aromatic rings. The molecule has 1 aromatic carbocycles. The van der Waals surface area contributed by atoms with Crippen LogP contribution in [0.2, 0.25) is 0 Å². The summed E-state index contributed by atoms with van der Waals surface area (Å²) < 4.78 is 0. The van der Waals surface area contributed by atoms with Crippen LogP contribution in [0.3, 0.4) is 0 Å². The van der Waals surface area contributed by atoms with Crippen molar-refractivity contribution in [3.8, 4) is 0 Å². The minimum atomic E-state index is -0.195. The number of hydrogen-bond donors (Lipinski definition) is 1. The maximum atomic E-state index is 11.9. The normalized spacial score (nSPS) is 18.3. The monoisotopic (exact) mass is 213 g/mol. The third-order valence-corrected chi connectivity index (χ3v) is 3.99. The van der Waals surface area contributed by atoms with Crippen molar-refractivity contribution in [3.63, 3.8) is 0 Å². The number of ketones is 1. The second kappa shape index (κ2) is 3.21. The second-order valence-electron chi connectivity index (χ2n) is 4.74. The molecule has 1 N–H and O–H groups in total. The summed E-state index contributed by atoms with van der Waals surface area (Å²) in [6.45, 7) is 1.72. The molecule has 1 saturated carbocycles. The van der Waals surface area contributed by atoms with Gasteiger partial charge in [0.05, 0.1) is 5.41 Å². The SMILES string of the molecule is CC(=O)C1(c2c[nH]c3ccccc23)CCC1. The highest BCUT2D eigenvalue weighted by molar-refractivity contribution is 5.95. The van der Waals surface area contributed by atoms with Crippen LogP contribution in [-0.4, -0.2) is 10.8 Å². The molecule has 0 unspecified atom stereocenters. The molecule has 1 heterocycles. The molecule has 3 rings (SSSR count). The number of fused-ring (bicyclic) bond motifs is 1. The van der Waals surface area contributed by atoms with E-state index in [1.54, 1.807) is 6.92 Å². The van der Waals surface area contributed by atoms with Crippen LogP contribution in [0.15, 0.2) is 30.5 Å². The lowest BCUT2D eigenvalue weighted by atomic mass is 9.62. The molecule has 0 atom stereocenters. The summed E-state index contributed by atoms with van der Waals surface area (Å²) in [5.41, 5.74) is 2.13. The fourth-order valence-electron chi connectivity index (χ4n) is 2.81. The van der Waals surface area contributed by atoms with Gasteiger partial charge in [0.25, 0.3) is 0 Å². The zero-order valence-corrected chi connectivity index (χ0v) is 9.42. The summed E-state index contributed by atoms with van der Waals surface area (Å²) in [7, 11) is 0. The molecule has 1 aliphatic carbocycles. The van der Waals surface area contributed by atoms with Crippen LogP contribution < -0.4 is 0 Å². The predicted octanol–water partition coefficient (Wildman–Crippen LogP) is 3.18. The number of H-pyrrole nitrogens is 1. The summed E-state index contributed by atoms with van der Waals surface area (Å²) in [5, 5.41) is 1.21. The van der Waals surface area contributed by atoms with E-state index in [4.69, 9.17) is 0 Å². The van der Waals surface area contributed by atoms with Crippen molar-refractivity contribution in [3.05, 3.63) is 36.0 Å². The van der Waals surface area contributed by atoms with E-state index in [1.165, 1.54) is 17.4 Å². The Bertz CT molecular complexity index is 549. The van der Waals surface area contributed by atoms with Crippen molar-refractivity contribution in [1.29, 1.82) is 0 Å². The van der Waals surface area contributed by atoms with E-state index in [-0.39, 0.29) is 5.41 Å². The number of aromatic nitrogens is 1. The summed E-state index contributed by atoms with van der Waals surface area (Å²) in [5.74, 6) is 0.309. The van der Waals surface area contributed by atoms with Gasteiger partial charge in [-0.25, -0.2) is 0 Å². The third-order valence-electron chi connectivity index (χ3n) is 3.99. The van der Waals surface area contributed by atoms with Gasteiger partial charge in [-0.15, -0.1) is 0 Å². The molecule has 16 heavy (non-hydrogen) atoms. The fourth-order valence-corrected chi connectivity index (χ4v) is 2.81. The molecule has 82 valence electrons. The number of para-hydroxylation sites is 1. The zero-order chi connectivity index (χ0) is 11.2. The van der Waals surface area contributed by atoms with Gasteiger partial charge < -0.3 is 4.98 Å². The van der Waals surface area contributed by atoms with Crippen LogP contribution in [-0.2, 0) is 10.2 Å².